The average Bonchev–Trinajstić information content (AvgIpc) is 2.20. The minimum absolute atomic E-state index is 0.0415. The Morgan fingerprint density at radius 1 is 1.40 bits per heavy atom. The third-order valence-electron chi connectivity index (χ3n) is 2.38. The van der Waals surface area contributed by atoms with E-state index < -0.39 is 5.41 Å². The highest BCUT2D eigenvalue weighted by atomic mass is 79.9. The van der Waals surface area contributed by atoms with E-state index in [2.05, 4.69) is 15.9 Å². The predicted molar refractivity (Wildman–Crippen MR) is 62.5 cm³/mol. The van der Waals surface area contributed by atoms with Gasteiger partial charge in [0.25, 0.3) is 0 Å². The van der Waals surface area contributed by atoms with Crippen LogP contribution in [0.15, 0.2) is 16.6 Å². The van der Waals surface area contributed by atoms with E-state index in [1.165, 1.54) is 7.11 Å². The van der Waals surface area contributed by atoms with Crippen LogP contribution in [0.5, 0.6) is 11.5 Å². The zero-order valence-electron chi connectivity index (χ0n) is 9.04. The number of phenols is 1. The van der Waals surface area contributed by atoms with Gasteiger partial charge in [-0.2, -0.15) is 0 Å². The fourth-order valence-electron chi connectivity index (χ4n) is 1.33. The summed E-state index contributed by atoms with van der Waals surface area (Å²) >= 11 is 3.34. The summed E-state index contributed by atoms with van der Waals surface area (Å²) in [6, 6.07) is 3.47. The van der Waals surface area contributed by atoms with E-state index in [0.29, 0.717) is 11.3 Å². The van der Waals surface area contributed by atoms with Gasteiger partial charge in [0.2, 0.25) is 0 Å². The Balaban J connectivity index is 3.35. The van der Waals surface area contributed by atoms with Crippen molar-refractivity contribution in [1.29, 1.82) is 0 Å². The predicted octanol–water partition coefficient (Wildman–Crippen LogP) is 2.43. The smallest absolute Gasteiger partial charge is 0.161 e. The van der Waals surface area contributed by atoms with Crippen molar-refractivity contribution in [3.63, 3.8) is 0 Å². The minimum Gasteiger partial charge on any atom is -0.504 e. The summed E-state index contributed by atoms with van der Waals surface area (Å²) in [6.07, 6.45) is 0. The first kappa shape index (κ1) is 12.3. The second kappa shape index (κ2) is 4.41. The molecule has 1 aromatic rings. The maximum absolute atomic E-state index is 9.92. The summed E-state index contributed by atoms with van der Waals surface area (Å²) in [7, 11) is 1.50. The lowest BCUT2D eigenvalue weighted by molar-refractivity contribution is 0.214. The van der Waals surface area contributed by atoms with Gasteiger partial charge in [-0.15, -0.1) is 0 Å². The van der Waals surface area contributed by atoms with E-state index in [1.807, 2.05) is 13.8 Å². The fraction of sp³-hybridized carbons (Fsp3) is 0.455. The summed E-state index contributed by atoms with van der Waals surface area (Å²) in [5.74, 6) is 0.487. The number of benzene rings is 1. The number of methoxy groups -OCH3 is 1. The maximum Gasteiger partial charge on any atom is 0.161 e. The molecule has 4 heteroatoms. The van der Waals surface area contributed by atoms with Gasteiger partial charge in [0.05, 0.1) is 13.7 Å². The van der Waals surface area contributed by atoms with E-state index in [1.54, 1.807) is 12.1 Å². The molecule has 2 N–H and O–H groups in total. The SMILES string of the molecule is COc1cc(Br)cc(C(C)(C)CO)c1O. The van der Waals surface area contributed by atoms with Crippen LogP contribution in [0.2, 0.25) is 0 Å². The highest BCUT2D eigenvalue weighted by Gasteiger charge is 2.25. The van der Waals surface area contributed by atoms with Crippen molar-refractivity contribution in [3.8, 4) is 11.5 Å². The molecular formula is C11H15BrO3. The van der Waals surface area contributed by atoms with Crippen LogP contribution >= 0.6 is 15.9 Å². The molecule has 0 aromatic heterocycles. The highest BCUT2D eigenvalue weighted by molar-refractivity contribution is 9.10. The zero-order chi connectivity index (χ0) is 11.6. The molecule has 0 saturated carbocycles. The number of ether oxygens (including phenoxy) is 1. The van der Waals surface area contributed by atoms with E-state index in [-0.39, 0.29) is 12.4 Å². The zero-order valence-corrected chi connectivity index (χ0v) is 10.6. The fourth-order valence-corrected chi connectivity index (χ4v) is 1.77. The van der Waals surface area contributed by atoms with Gasteiger partial charge in [0.15, 0.2) is 11.5 Å². The minimum atomic E-state index is -0.499. The largest absolute Gasteiger partial charge is 0.504 e. The van der Waals surface area contributed by atoms with Crippen molar-refractivity contribution in [2.45, 2.75) is 19.3 Å². The number of phenolic OH excluding ortho intramolecular Hbond substituents is 1. The molecule has 0 bridgehead atoms. The molecule has 0 spiro atoms. The molecule has 0 fully saturated rings. The van der Waals surface area contributed by atoms with Gasteiger partial charge in [-0.1, -0.05) is 29.8 Å². The number of hydrogen-bond donors (Lipinski definition) is 2. The average molecular weight is 275 g/mol. The molecule has 0 amide bonds. The standard InChI is InChI=1S/C11H15BrO3/c1-11(2,6-13)8-4-7(12)5-9(15-3)10(8)14/h4-5,13-14H,6H2,1-3H3. The van der Waals surface area contributed by atoms with Crippen LogP contribution in [-0.4, -0.2) is 23.9 Å². The van der Waals surface area contributed by atoms with Gasteiger partial charge in [-0.05, 0) is 12.1 Å². The third kappa shape index (κ3) is 2.44. The molecule has 0 aliphatic rings. The summed E-state index contributed by atoms with van der Waals surface area (Å²) < 4.78 is 5.86. The molecule has 0 radical (unpaired) electrons. The van der Waals surface area contributed by atoms with Crippen LogP contribution in [0.25, 0.3) is 0 Å². The Bertz CT molecular complexity index is 361. The number of halogens is 1. The lowest BCUT2D eigenvalue weighted by Crippen LogP contribution is -2.22. The van der Waals surface area contributed by atoms with Gasteiger partial charge in [-0.3, -0.25) is 0 Å². The molecule has 0 saturated heterocycles. The number of aliphatic hydroxyl groups is 1. The quantitative estimate of drug-likeness (QED) is 0.890. The summed E-state index contributed by atoms with van der Waals surface area (Å²) in [4.78, 5) is 0. The summed E-state index contributed by atoms with van der Waals surface area (Å²) in [5.41, 5.74) is 0.164. The molecule has 3 nitrogen and oxygen atoms in total. The lowest BCUT2D eigenvalue weighted by Gasteiger charge is -2.24. The van der Waals surface area contributed by atoms with E-state index in [9.17, 15) is 10.2 Å². The van der Waals surface area contributed by atoms with E-state index >= 15 is 0 Å². The normalized spacial score (nSPS) is 11.5. The van der Waals surface area contributed by atoms with Crippen LogP contribution in [0.1, 0.15) is 19.4 Å². The maximum atomic E-state index is 9.92. The third-order valence-corrected chi connectivity index (χ3v) is 2.84. The molecule has 0 heterocycles. The first-order valence-electron chi connectivity index (χ1n) is 4.60. The molecule has 0 atom stereocenters. The molecule has 1 rings (SSSR count). The number of aliphatic hydroxyl groups excluding tert-OH is 1. The second-order valence-corrected chi connectivity index (χ2v) is 4.96. The van der Waals surface area contributed by atoms with Crippen molar-refractivity contribution in [1.82, 2.24) is 0 Å². The van der Waals surface area contributed by atoms with Crippen molar-refractivity contribution in [3.05, 3.63) is 22.2 Å². The molecule has 0 unspecified atom stereocenters. The Morgan fingerprint density at radius 2 is 2.00 bits per heavy atom. The Kier molecular flexibility index (Phi) is 3.62. The van der Waals surface area contributed by atoms with Crippen LogP contribution in [0.4, 0.5) is 0 Å². The molecular weight excluding hydrogens is 260 g/mol. The number of aromatic hydroxyl groups is 1. The van der Waals surface area contributed by atoms with E-state index in [0.717, 1.165) is 4.47 Å². The summed E-state index contributed by atoms with van der Waals surface area (Å²) in [6.45, 7) is 3.67. The Hall–Kier alpha value is -0.740. The molecule has 15 heavy (non-hydrogen) atoms. The topological polar surface area (TPSA) is 49.7 Å². The van der Waals surface area contributed by atoms with Crippen LogP contribution < -0.4 is 4.74 Å². The van der Waals surface area contributed by atoms with E-state index in [4.69, 9.17) is 4.74 Å². The van der Waals surface area contributed by atoms with Gasteiger partial charge in [0.1, 0.15) is 0 Å². The molecule has 1 aromatic carbocycles. The molecule has 0 aliphatic heterocycles. The van der Waals surface area contributed by atoms with Crippen molar-refractivity contribution < 1.29 is 14.9 Å². The molecule has 0 aliphatic carbocycles. The van der Waals surface area contributed by atoms with Gasteiger partial charge >= 0.3 is 0 Å². The first-order valence-corrected chi connectivity index (χ1v) is 5.39. The Labute approximate surface area is 97.8 Å². The monoisotopic (exact) mass is 274 g/mol. The van der Waals surface area contributed by atoms with Crippen LogP contribution in [0, 0.1) is 0 Å². The van der Waals surface area contributed by atoms with Crippen molar-refractivity contribution >= 4 is 15.9 Å². The molecule has 84 valence electrons. The Morgan fingerprint density at radius 3 is 2.47 bits per heavy atom. The highest BCUT2D eigenvalue weighted by Crippen LogP contribution is 2.39. The second-order valence-electron chi connectivity index (χ2n) is 4.05. The van der Waals surface area contributed by atoms with Crippen molar-refractivity contribution in [2.24, 2.45) is 0 Å². The van der Waals surface area contributed by atoms with Gasteiger partial charge < -0.3 is 14.9 Å². The van der Waals surface area contributed by atoms with Crippen LogP contribution in [0.3, 0.4) is 0 Å². The van der Waals surface area contributed by atoms with Gasteiger partial charge in [-0.25, -0.2) is 0 Å². The van der Waals surface area contributed by atoms with Crippen LogP contribution in [-0.2, 0) is 5.41 Å². The first-order chi connectivity index (χ1) is 6.92. The number of rotatable bonds is 3. The summed E-state index contributed by atoms with van der Waals surface area (Å²) in [5, 5.41) is 19.2. The lowest BCUT2D eigenvalue weighted by atomic mass is 9.85. The number of hydrogen-bond acceptors (Lipinski definition) is 3. The van der Waals surface area contributed by atoms with Gasteiger partial charge in [0, 0.05) is 15.5 Å². The van der Waals surface area contributed by atoms with Crippen molar-refractivity contribution in [2.75, 3.05) is 13.7 Å².